The molecule has 1 aromatic heterocycles. The van der Waals surface area contributed by atoms with E-state index in [0.29, 0.717) is 6.04 Å². The molecule has 0 saturated heterocycles. The molecule has 2 rings (SSSR count). The van der Waals surface area contributed by atoms with Gasteiger partial charge >= 0.3 is 0 Å². The normalized spacial score (nSPS) is 11.6. The Morgan fingerprint density at radius 1 is 1.18 bits per heavy atom. The molecule has 156 valence electrons. The Bertz CT molecular complexity index is 667. The van der Waals surface area contributed by atoms with E-state index in [1.54, 1.807) is 6.20 Å². The third-order valence-electron chi connectivity index (χ3n) is 4.55. The monoisotopic (exact) mass is 498 g/mol. The second-order valence-electron chi connectivity index (χ2n) is 6.78. The summed E-state index contributed by atoms with van der Waals surface area (Å²) in [5, 5.41) is 11.0. The van der Waals surface area contributed by atoms with Crippen molar-refractivity contribution >= 4 is 29.9 Å². The fourth-order valence-electron chi connectivity index (χ4n) is 2.98. The predicted molar refractivity (Wildman–Crippen MR) is 129 cm³/mol. The second-order valence-corrected chi connectivity index (χ2v) is 6.78. The molecular weight excluding hydrogens is 463 g/mol. The molecule has 0 fully saturated rings. The molecule has 0 bridgehead atoms. The van der Waals surface area contributed by atoms with Crippen molar-refractivity contribution in [1.29, 1.82) is 0 Å². The van der Waals surface area contributed by atoms with Crippen LogP contribution in [-0.2, 0) is 6.42 Å². The minimum Gasteiger partial charge on any atom is -0.357 e. The van der Waals surface area contributed by atoms with Crippen LogP contribution in [-0.4, -0.2) is 59.4 Å². The number of halogens is 1. The molecule has 1 aromatic carbocycles. The number of benzene rings is 1. The quantitative estimate of drug-likeness (QED) is 0.300. The lowest BCUT2D eigenvalue weighted by atomic mass is 10.1. The molecule has 1 heterocycles. The highest BCUT2D eigenvalue weighted by Crippen LogP contribution is 2.08. The number of aromatic nitrogens is 2. The van der Waals surface area contributed by atoms with Crippen molar-refractivity contribution in [2.24, 2.45) is 4.99 Å². The standard InChI is InChI=1S/C21H34N6.HI/c1-5-22-21(24-15-17-26(6-2)18(3)4)23-14-12-19-8-10-20(11-9-19)27-16-7-13-25-27;/h7-11,13,16,18H,5-6,12,14-15,17H2,1-4H3,(H2,22,23,24);1H. The van der Waals surface area contributed by atoms with E-state index in [4.69, 9.17) is 4.99 Å². The lowest BCUT2D eigenvalue weighted by molar-refractivity contribution is 0.240. The van der Waals surface area contributed by atoms with Gasteiger partial charge in [-0.3, -0.25) is 9.89 Å². The number of nitrogens with zero attached hydrogens (tertiary/aromatic N) is 4. The van der Waals surface area contributed by atoms with Crippen molar-refractivity contribution < 1.29 is 0 Å². The van der Waals surface area contributed by atoms with Crippen molar-refractivity contribution in [3.05, 3.63) is 48.3 Å². The van der Waals surface area contributed by atoms with Crippen molar-refractivity contribution in [3.8, 4) is 5.69 Å². The molecule has 2 N–H and O–H groups in total. The van der Waals surface area contributed by atoms with E-state index in [2.05, 4.69) is 72.6 Å². The highest BCUT2D eigenvalue weighted by molar-refractivity contribution is 14.0. The molecular formula is C21H35IN6. The number of aliphatic imine (C=N–C) groups is 1. The second kappa shape index (κ2) is 13.5. The molecule has 0 aliphatic carbocycles. The summed E-state index contributed by atoms with van der Waals surface area (Å²) in [4.78, 5) is 7.13. The first-order valence-corrected chi connectivity index (χ1v) is 9.99. The molecule has 0 atom stereocenters. The maximum absolute atomic E-state index is 4.70. The van der Waals surface area contributed by atoms with Crippen molar-refractivity contribution in [3.63, 3.8) is 0 Å². The van der Waals surface area contributed by atoms with Gasteiger partial charge in [0.1, 0.15) is 0 Å². The van der Waals surface area contributed by atoms with Crippen LogP contribution in [0.4, 0.5) is 0 Å². The Morgan fingerprint density at radius 3 is 2.50 bits per heavy atom. The zero-order chi connectivity index (χ0) is 19.5. The van der Waals surface area contributed by atoms with Crippen molar-refractivity contribution in [2.75, 3.05) is 32.7 Å². The van der Waals surface area contributed by atoms with E-state index in [1.807, 2.05) is 16.9 Å². The lowest BCUT2D eigenvalue weighted by Gasteiger charge is -2.23. The Hall–Kier alpha value is -1.61. The minimum atomic E-state index is 0. The van der Waals surface area contributed by atoms with Gasteiger partial charge in [-0.1, -0.05) is 19.1 Å². The molecule has 0 radical (unpaired) electrons. The van der Waals surface area contributed by atoms with Crippen LogP contribution in [0.25, 0.3) is 5.69 Å². The summed E-state index contributed by atoms with van der Waals surface area (Å²) >= 11 is 0. The summed E-state index contributed by atoms with van der Waals surface area (Å²) in [6, 6.07) is 11.0. The van der Waals surface area contributed by atoms with Gasteiger partial charge in [0.05, 0.1) is 12.2 Å². The van der Waals surface area contributed by atoms with Gasteiger partial charge in [-0.15, -0.1) is 24.0 Å². The smallest absolute Gasteiger partial charge is 0.191 e. The molecule has 0 unspecified atom stereocenters. The number of rotatable bonds is 10. The van der Waals surface area contributed by atoms with Crippen LogP contribution < -0.4 is 10.6 Å². The molecule has 0 aliphatic rings. The average Bonchev–Trinajstić information content (AvgIpc) is 3.20. The largest absolute Gasteiger partial charge is 0.357 e. The van der Waals surface area contributed by atoms with E-state index in [9.17, 15) is 0 Å². The first-order valence-electron chi connectivity index (χ1n) is 9.99. The van der Waals surface area contributed by atoms with Crippen LogP contribution in [0, 0.1) is 0 Å². The predicted octanol–water partition coefficient (Wildman–Crippen LogP) is 3.32. The van der Waals surface area contributed by atoms with E-state index in [1.165, 1.54) is 5.56 Å². The van der Waals surface area contributed by atoms with Gasteiger partial charge in [0.25, 0.3) is 0 Å². The summed E-state index contributed by atoms with van der Waals surface area (Å²) < 4.78 is 1.87. The molecule has 0 aliphatic heterocycles. The highest BCUT2D eigenvalue weighted by atomic mass is 127. The summed E-state index contributed by atoms with van der Waals surface area (Å²) in [5.74, 6) is 0.894. The fraction of sp³-hybridized carbons (Fsp3) is 0.524. The topological polar surface area (TPSA) is 57.5 Å². The Morgan fingerprint density at radius 2 is 1.93 bits per heavy atom. The Balaban J connectivity index is 0.00000392. The molecule has 7 heteroatoms. The van der Waals surface area contributed by atoms with Crippen molar-refractivity contribution in [1.82, 2.24) is 25.3 Å². The van der Waals surface area contributed by atoms with E-state index in [0.717, 1.165) is 50.8 Å². The van der Waals surface area contributed by atoms with Crippen molar-refractivity contribution in [2.45, 2.75) is 40.2 Å². The SMILES string of the molecule is CCNC(=NCCN(CC)C(C)C)NCCc1ccc(-n2cccn2)cc1.I. The minimum absolute atomic E-state index is 0. The van der Waals surface area contributed by atoms with Crippen LogP contribution in [0.3, 0.4) is 0 Å². The van der Waals surface area contributed by atoms with E-state index >= 15 is 0 Å². The maximum Gasteiger partial charge on any atom is 0.191 e. The number of likely N-dealkylation sites (N-methyl/N-ethyl adjacent to an activating group) is 1. The number of hydrogen-bond acceptors (Lipinski definition) is 3. The molecule has 6 nitrogen and oxygen atoms in total. The first-order chi connectivity index (χ1) is 13.1. The zero-order valence-electron chi connectivity index (χ0n) is 17.6. The van der Waals surface area contributed by atoms with Crippen LogP contribution in [0.2, 0.25) is 0 Å². The van der Waals surface area contributed by atoms with Gasteiger partial charge in [-0.2, -0.15) is 5.10 Å². The van der Waals surface area contributed by atoms with Gasteiger partial charge in [-0.25, -0.2) is 4.68 Å². The van der Waals surface area contributed by atoms with Crippen LogP contribution in [0.1, 0.15) is 33.3 Å². The summed E-state index contributed by atoms with van der Waals surface area (Å²) in [5.41, 5.74) is 2.38. The van der Waals surface area contributed by atoms with E-state index < -0.39 is 0 Å². The summed E-state index contributed by atoms with van der Waals surface area (Å²) in [7, 11) is 0. The fourth-order valence-corrected chi connectivity index (χ4v) is 2.98. The van der Waals surface area contributed by atoms with E-state index in [-0.39, 0.29) is 24.0 Å². The maximum atomic E-state index is 4.70. The van der Waals surface area contributed by atoms with Gasteiger partial charge in [0.15, 0.2) is 5.96 Å². The third kappa shape index (κ3) is 8.18. The molecule has 28 heavy (non-hydrogen) atoms. The number of nitrogens with one attached hydrogen (secondary N) is 2. The summed E-state index contributed by atoms with van der Waals surface area (Å²) in [6.45, 7) is 13.3. The van der Waals surface area contributed by atoms with Gasteiger partial charge in [0.2, 0.25) is 0 Å². The van der Waals surface area contributed by atoms with Gasteiger partial charge in [0, 0.05) is 38.1 Å². The Kier molecular flexibility index (Phi) is 11.8. The third-order valence-corrected chi connectivity index (χ3v) is 4.55. The van der Waals surface area contributed by atoms with Crippen LogP contribution in [0.15, 0.2) is 47.7 Å². The summed E-state index contributed by atoms with van der Waals surface area (Å²) in [6.07, 6.45) is 4.70. The van der Waals surface area contributed by atoms with Gasteiger partial charge in [-0.05, 0) is 57.5 Å². The van der Waals surface area contributed by atoms with Crippen LogP contribution >= 0.6 is 24.0 Å². The van der Waals surface area contributed by atoms with Crippen LogP contribution in [0.5, 0.6) is 0 Å². The van der Waals surface area contributed by atoms with Gasteiger partial charge < -0.3 is 10.6 Å². The molecule has 0 saturated carbocycles. The molecule has 2 aromatic rings. The molecule has 0 spiro atoms. The zero-order valence-corrected chi connectivity index (χ0v) is 19.9. The average molecular weight is 498 g/mol. The molecule has 0 amide bonds. The number of hydrogen-bond donors (Lipinski definition) is 2. The number of guanidine groups is 1. The first kappa shape index (κ1) is 24.4. The Labute approximate surface area is 186 Å². The highest BCUT2D eigenvalue weighted by Gasteiger charge is 2.06. The lowest BCUT2D eigenvalue weighted by Crippen LogP contribution is -2.39.